The largest absolute Gasteiger partial charge is 0.194 e. The van der Waals surface area contributed by atoms with E-state index in [0.717, 1.165) is 33.5 Å². The van der Waals surface area contributed by atoms with Crippen LogP contribution in [0.25, 0.3) is 11.1 Å². The third-order valence-electron chi connectivity index (χ3n) is 4.27. The van der Waals surface area contributed by atoms with Crippen LogP contribution in [0.3, 0.4) is 0 Å². The third-order valence-corrected chi connectivity index (χ3v) is 4.36. The molecular formula is C24H19NS. The molecule has 0 atom stereocenters. The van der Waals surface area contributed by atoms with Gasteiger partial charge < -0.3 is 0 Å². The summed E-state index contributed by atoms with van der Waals surface area (Å²) in [6.07, 6.45) is 0. The predicted molar refractivity (Wildman–Crippen MR) is 113 cm³/mol. The van der Waals surface area contributed by atoms with Crippen LogP contribution in [-0.4, -0.2) is 5.16 Å². The van der Waals surface area contributed by atoms with E-state index < -0.39 is 0 Å². The van der Waals surface area contributed by atoms with Crippen molar-refractivity contribution in [2.24, 2.45) is 4.99 Å². The van der Waals surface area contributed by atoms with Gasteiger partial charge in [0, 0.05) is 11.1 Å². The minimum atomic E-state index is 0.907. The van der Waals surface area contributed by atoms with Gasteiger partial charge in [-0.2, -0.15) is 4.99 Å². The summed E-state index contributed by atoms with van der Waals surface area (Å²) in [6, 6.07) is 20.8. The Labute approximate surface area is 160 Å². The van der Waals surface area contributed by atoms with Crippen molar-refractivity contribution in [3.63, 3.8) is 0 Å². The van der Waals surface area contributed by atoms with Crippen LogP contribution in [0.4, 0.5) is 5.69 Å². The average Bonchev–Trinajstić information content (AvgIpc) is 2.64. The third kappa shape index (κ3) is 4.16. The zero-order valence-corrected chi connectivity index (χ0v) is 15.9. The molecule has 26 heavy (non-hydrogen) atoms. The van der Waals surface area contributed by atoms with Gasteiger partial charge in [-0.3, -0.25) is 0 Å². The molecule has 0 unspecified atom stereocenters. The molecule has 0 aliphatic carbocycles. The molecule has 0 fully saturated rings. The van der Waals surface area contributed by atoms with E-state index in [1.807, 2.05) is 26.0 Å². The van der Waals surface area contributed by atoms with Gasteiger partial charge in [0.1, 0.15) is 0 Å². The van der Waals surface area contributed by atoms with E-state index in [0.29, 0.717) is 0 Å². The molecule has 1 nitrogen and oxygen atoms in total. The van der Waals surface area contributed by atoms with Crippen molar-refractivity contribution in [1.29, 1.82) is 0 Å². The SMILES string of the molecule is Cc1ccc(C#Cc2ccc(-c3cc(C)c(N=C=S)c(C)c3)cc2)cc1. The Balaban J connectivity index is 1.86. The van der Waals surface area contributed by atoms with Crippen LogP contribution in [0.2, 0.25) is 0 Å². The van der Waals surface area contributed by atoms with Crippen LogP contribution in [-0.2, 0) is 0 Å². The molecule has 0 radical (unpaired) electrons. The van der Waals surface area contributed by atoms with Crippen LogP contribution < -0.4 is 0 Å². The maximum atomic E-state index is 4.73. The Hall–Kier alpha value is -2.98. The fourth-order valence-electron chi connectivity index (χ4n) is 2.87. The van der Waals surface area contributed by atoms with Crippen molar-refractivity contribution < 1.29 is 0 Å². The van der Waals surface area contributed by atoms with Crippen molar-refractivity contribution in [2.45, 2.75) is 20.8 Å². The first-order valence-electron chi connectivity index (χ1n) is 8.45. The summed E-state index contributed by atoms with van der Waals surface area (Å²) in [5.41, 5.74) is 8.71. The zero-order chi connectivity index (χ0) is 18.5. The first kappa shape index (κ1) is 17.8. The van der Waals surface area contributed by atoms with Gasteiger partial charge in [0.2, 0.25) is 0 Å². The van der Waals surface area contributed by atoms with Gasteiger partial charge in [-0.1, -0.05) is 41.7 Å². The second-order valence-corrected chi connectivity index (χ2v) is 6.54. The molecule has 3 aromatic carbocycles. The molecule has 0 saturated carbocycles. The molecule has 0 saturated heterocycles. The maximum absolute atomic E-state index is 4.73. The number of aliphatic imine (C=N–C) groups is 1. The summed E-state index contributed by atoms with van der Waals surface area (Å²) in [4.78, 5) is 4.16. The number of nitrogens with zero attached hydrogens (tertiary/aromatic N) is 1. The van der Waals surface area contributed by atoms with Gasteiger partial charge in [0.05, 0.1) is 10.8 Å². The summed E-state index contributed by atoms with van der Waals surface area (Å²) in [5.74, 6) is 6.43. The summed E-state index contributed by atoms with van der Waals surface area (Å²) in [7, 11) is 0. The molecule has 0 heterocycles. The molecule has 3 aromatic rings. The molecular weight excluding hydrogens is 334 g/mol. The lowest BCUT2D eigenvalue weighted by molar-refractivity contribution is 1.34. The molecule has 0 amide bonds. The highest BCUT2D eigenvalue weighted by Gasteiger charge is 2.06. The monoisotopic (exact) mass is 353 g/mol. The van der Waals surface area contributed by atoms with Crippen molar-refractivity contribution in [2.75, 3.05) is 0 Å². The second-order valence-electron chi connectivity index (χ2n) is 6.36. The Morgan fingerprint density at radius 3 is 1.69 bits per heavy atom. The van der Waals surface area contributed by atoms with E-state index in [-0.39, 0.29) is 0 Å². The second kappa shape index (κ2) is 7.93. The minimum absolute atomic E-state index is 0.907. The molecule has 0 spiro atoms. The molecule has 0 aliphatic rings. The topological polar surface area (TPSA) is 12.4 Å². The highest BCUT2D eigenvalue weighted by atomic mass is 32.1. The Morgan fingerprint density at radius 2 is 1.19 bits per heavy atom. The lowest BCUT2D eigenvalue weighted by Gasteiger charge is -2.09. The van der Waals surface area contributed by atoms with Crippen LogP contribution in [0.1, 0.15) is 27.8 Å². The number of hydrogen-bond acceptors (Lipinski definition) is 2. The first-order valence-corrected chi connectivity index (χ1v) is 8.86. The molecule has 0 aromatic heterocycles. The van der Waals surface area contributed by atoms with Crippen LogP contribution in [0, 0.1) is 32.6 Å². The Morgan fingerprint density at radius 1 is 0.692 bits per heavy atom. The quantitative estimate of drug-likeness (QED) is 0.294. The Bertz CT molecular complexity index is 1020. The van der Waals surface area contributed by atoms with E-state index in [9.17, 15) is 0 Å². The lowest BCUT2D eigenvalue weighted by Crippen LogP contribution is -1.85. The van der Waals surface area contributed by atoms with E-state index in [4.69, 9.17) is 12.2 Å². The van der Waals surface area contributed by atoms with Crippen LogP contribution in [0.15, 0.2) is 65.7 Å². The smallest absolute Gasteiger partial charge is 0.0798 e. The van der Waals surface area contributed by atoms with Crippen molar-refractivity contribution in [3.05, 3.63) is 88.5 Å². The van der Waals surface area contributed by atoms with Gasteiger partial charge >= 0.3 is 0 Å². The van der Waals surface area contributed by atoms with E-state index >= 15 is 0 Å². The Kier molecular flexibility index (Phi) is 5.44. The molecule has 0 bridgehead atoms. The predicted octanol–water partition coefficient (Wildman–Crippen LogP) is 6.41. The summed E-state index contributed by atoms with van der Waals surface area (Å²) in [5, 5.41) is 2.46. The molecule has 0 aliphatic heterocycles. The fraction of sp³-hybridized carbons (Fsp3) is 0.125. The molecule has 126 valence electrons. The van der Waals surface area contributed by atoms with E-state index in [2.05, 4.69) is 77.4 Å². The number of hydrogen-bond donors (Lipinski definition) is 0. The van der Waals surface area contributed by atoms with Gasteiger partial charge in [-0.05, 0) is 91.6 Å². The van der Waals surface area contributed by atoms with Crippen molar-refractivity contribution >= 4 is 23.1 Å². The van der Waals surface area contributed by atoms with Gasteiger partial charge in [-0.15, -0.1) is 0 Å². The average molecular weight is 353 g/mol. The number of isothiocyanates is 1. The van der Waals surface area contributed by atoms with Crippen molar-refractivity contribution in [1.82, 2.24) is 0 Å². The minimum Gasteiger partial charge on any atom is -0.194 e. The highest BCUT2D eigenvalue weighted by molar-refractivity contribution is 7.78. The van der Waals surface area contributed by atoms with Crippen molar-refractivity contribution in [3.8, 4) is 23.0 Å². The maximum Gasteiger partial charge on any atom is 0.0798 e. The van der Waals surface area contributed by atoms with Gasteiger partial charge in [0.15, 0.2) is 0 Å². The summed E-state index contributed by atoms with van der Waals surface area (Å²) < 4.78 is 0. The number of rotatable bonds is 2. The highest BCUT2D eigenvalue weighted by Crippen LogP contribution is 2.30. The van der Waals surface area contributed by atoms with E-state index in [1.165, 1.54) is 11.1 Å². The number of benzene rings is 3. The lowest BCUT2D eigenvalue weighted by atomic mass is 9.98. The van der Waals surface area contributed by atoms with Crippen LogP contribution >= 0.6 is 12.2 Å². The fourth-order valence-corrected chi connectivity index (χ4v) is 2.96. The van der Waals surface area contributed by atoms with E-state index in [1.54, 1.807) is 0 Å². The summed E-state index contributed by atoms with van der Waals surface area (Å²) in [6.45, 7) is 6.17. The number of thiocarbonyl (C=S) groups is 1. The van der Waals surface area contributed by atoms with Crippen LogP contribution in [0.5, 0.6) is 0 Å². The number of aryl methyl sites for hydroxylation is 3. The first-order chi connectivity index (χ1) is 12.6. The normalized spacial score (nSPS) is 9.81. The standard InChI is InChI=1S/C24H19NS/c1-17-4-6-20(7-5-17)8-9-21-10-12-22(13-11-21)23-14-18(2)24(25-16-26)19(3)15-23/h4-7,10-15H,1-3H3. The molecule has 0 N–H and O–H groups in total. The molecule has 2 heteroatoms. The van der Waals surface area contributed by atoms with Gasteiger partial charge in [0.25, 0.3) is 0 Å². The molecule has 3 rings (SSSR count). The zero-order valence-electron chi connectivity index (χ0n) is 15.1. The van der Waals surface area contributed by atoms with Gasteiger partial charge in [-0.25, -0.2) is 0 Å². The summed E-state index contributed by atoms with van der Waals surface area (Å²) >= 11 is 4.73.